The predicted molar refractivity (Wildman–Crippen MR) is 102 cm³/mol. The van der Waals surface area contributed by atoms with Gasteiger partial charge in [-0.05, 0) is 45.6 Å². The molecule has 5 nitrogen and oxygen atoms in total. The van der Waals surface area contributed by atoms with Gasteiger partial charge in [0.1, 0.15) is 5.75 Å². The van der Waals surface area contributed by atoms with E-state index in [1.165, 1.54) is 16.2 Å². The maximum Gasteiger partial charge on any atom is 0.258 e. The van der Waals surface area contributed by atoms with E-state index in [0.717, 1.165) is 10.1 Å². The van der Waals surface area contributed by atoms with Crippen molar-refractivity contribution in [2.45, 2.75) is 10.1 Å². The van der Waals surface area contributed by atoms with Gasteiger partial charge < -0.3 is 4.74 Å². The molecule has 1 aromatic carbocycles. The third-order valence-corrected chi connectivity index (χ3v) is 6.73. The van der Waals surface area contributed by atoms with Crippen molar-refractivity contribution in [2.75, 3.05) is 12.4 Å². The summed E-state index contributed by atoms with van der Waals surface area (Å²) in [5.41, 5.74) is 0.484. The van der Waals surface area contributed by atoms with Gasteiger partial charge in [0.05, 0.1) is 12.7 Å². The molecule has 0 aliphatic rings. The molecule has 0 radical (unpaired) electrons. The average molecular weight is 442 g/mol. The fraction of sp³-hybridized carbons (Fsp3) is 0.133. The molecule has 0 aliphatic heterocycles. The lowest BCUT2D eigenvalue weighted by Gasteiger charge is -2.06. The standard InChI is InChI=1S/C15H12BrN3O2S3/c1-21-9-4-5-12(16)11(7-9)13(20)17-14-18-19-15(24-14)23-8-10-3-2-6-22-10/h2-7H,8H2,1H3,(H,17,18,20). The number of benzene rings is 1. The van der Waals surface area contributed by atoms with Gasteiger partial charge in [-0.25, -0.2) is 0 Å². The van der Waals surface area contributed by atoms with Crippen LogP contribution in [-0.2, 0) is 5.75 Å². The number of ether oxygens (including phenoxy) is 1. The first-order valence-electron chi connectivity index (χ1n) is 6.79. The van der Waals surface area contributed by atoms with E-state index in [0.29, 0.717) is 20.9 Å². The zero-order valence-electron chi connectivity index (χ0n) is 12.5. The smallest absolute Gasteiger partial charge is 0.258 e. The monoisotopic (exact) mass is 441 g/mol. The number of carbonyl (C=O) groups excluding carboxylic acids is 1. The Bertz CT molecular complexity index is 836. The molecule has 2 heterocycles. The average Bonchev–Trinajstić information content (AvgIpc) is 3.25. The minimum Gasteiger partial charge on any atom is -0.497 e. The van der Waals surface area contributed by atoms with Crippen LogP contribution in [0.3, 0.4) is 0 Å². The SMILES string of the molecule is COc1ccc(Br)c(C(=O)Nc2nnc(SCc3cccs3)s2)c1. The Hall–Kier alpha value is -1.42. The Morgan fingerprint density at radius 3 is 3.00 bits per heavy atom. The van der Waals surface area contributed by atoms with Gasteiger partial charge in [0, 0.05) is 15.1 Å². The van der Waals surface area contributed by atoms with Crippen molar-refractivity contribution in [3.63, 3.8) is 0 Å². The van der Waals surface area contributed by atoms with Crippen LogP contribution in [0.25, 0.3) is 0 Å². The number of thiophene rings is 1. The van der Waals surface area contributed by atoms with Gasteiger partial charge in [-0.3, -0.25) is 10.1 Å². The molecular weight excluding hydrogens is 430 g/mol. The van der Waals surface area contributed by atoms with Crippen molar-refractivity contribution in [3.8, 4) is 5.75 Å². The molecular formula is C15H12BrN3O2S3. The van der Waals surface area contributed by atoms with Crippen LogP contribution in [0.5, 0.6) is 5.75 Å². The number of anilines is 1. The Morgan fingerprint density at radius 1 is 1.38 bits per heavy atom. The minimum absolute atomic E-state index is 0.258. The Kier molecular flexibility index (Phi) is 5.88. The number of aromatic nitrogens is 2. The summed E-state index contributed by atoms with van der Waals surface area (Å²) >= 11 is 8.05. The van der Waals surface area contributed by atoms with Crippen molar-refractivity contribution >= 4 is 61.4 Å². The highest BCUT2D eigenvalue weighted by molar-refractivity contribution is 9.10. The highest BCUT2D eigenvalue weighted by Crippen LogP contribution is 2.30. The number of carbonyl (C=O) groups is 1. The number of nitrogens with one attached hydrogen (secondary N) is 1. The van der Waals surface area contributed by atoms with E-state index < -0.39 is 0 Å². The van der Waals surface area contributed by atoms with Crippen LogP contribution in [0, 0.1) is 0 Å². The van der Waals surface area contributed by atoms with E-state index in [2.05, 4.69) is 37.5 Å². The zero-order chi connectivity index (χ0) is 16.9. The summed E-state index contributed by atoms with van der Waals surface area (Å²) in [7, 11) is 1.56. The fourth-order valence-electron chi connectivity index (χ4n) is 1.82. The van der Waals surface area contributed by atoms with Gasteiger partial charge in [-0.1, -0.05) is 29.2 Å². The van der Waals surface area contributed by atoms with Crippen LogP contribution in [-0.4, -0.2) is 23.2 Å². The molecule has 124 valence electrons. The molecule has 0 aliphatic carbocycles. The van der Waals surface area contributed by atoms with Crippen LogP contribution in [0.1, 0.15) is 15.2 Å². The topological polar surface area (TPSA) is 64.1 Å². The van der Waals surface area contributed by atoms with Gasteiger partial charge in [-0.15, -0.1) is 21.5 Å². The summed E-state index contributed by atoms with van der Waals surface area (Å²) in [6, 6.07) is 9.34. The number of rotatable bonds is 6. The second kappa shape index (κ2) is 8.11. The number of hydrogen-bond donors (Lipinski definition) is 1. The third kappa shape index (κ3) is 4.35. The molecule has 24 heavy (non-hydrogen) atoms. The molecule has 0 atom stereocenters. The normalized spacial score (nSPS) is 10.6. The molecule has 0 saturated heterocycles. The molecule has 1 N–H and O–H groups in total. The number of methoxy groups -OCH3 is 1. The molecule has 0 bridgehead atoms. The Morgan fingerprint density at radius 2 is 2.25 bits per heavy atom. The largest absolute Gasteiger partial charge is 0.497 e. The summed E-state index contributed by atoms with van der Waals surface area (Å²) in [4.78, 5) is 13.7. The van der Waals surface area contributed by atoms with Crippen molar-refractivity contribution in [3.05, 3.63) is 50.6 Å². The summed E-state index contributed by atoms with van der Waals surface area (Å²) < 4.78 is 6.67. The summed E-state index contributed by atoms with van der Waals surface area (Å²) in [6.45, 7) is 0. The van der Waals surface area contributed by atoms with Crippen molar-refractivity contribution in [1.82, 2.24) is 10.2 Å². The van der Waals surface area contributed by atoms with Crippen molar-refractivity contribution < 1.29 is 9.53 Å². The van der Waals surface area contributed by atoms with Crippen molar-refractivity contribution in [2.24, 2.45) is 0 Å². The third-order valence-electron chi connectivity index (χ3n) is 2.96. The van der Waals surface area contributed by atoms with E-state index in [-0.39, 0.29) is 5.91 Å². The lowest BCUT2D eigenvalue weighted by Crippen LogP contribution is -2.12. The fourth-order valence-corrected chi connectivity index (χ4v) is 4.76. The van der Waals surface area contributed by atoms with Gasteiger partial charge >= 0.3 is 0 Å². The highest BCUT2D eigenvalue weighted by atomic mass is 79.9. The molecule has 2 aromatic heterocycles. The van der Waals surface area contributed by atoms with E-state index in [4.69, 9.17) is 4.74 Å². The number of halogens is 1. The first kappa shape index (κ1) is 17.4. The maximum atomic E-state index is 12.4. The molecule has 1 amide bonds. The molecule has 0 unspecified atom stereocenters. The Balaban J connectivity index is 1.64. The molecule has 0 spiro atoms. The van der Waals surface area contributed by atoms with Crippen LogP contribution in [0.2, 0.25) is 0 Å². The van der Waals surface area contributed by atoms with Crippen LogP contribution >= 0.6 is 50.4 Å². The maximum absolute atomic E-state index is 12.4. The van der Waals surface area contributed by atoms with E-state index >= 15 is 0 Å². The van der Waals surface area contributed by atoms with Gasteiger partial charge in [0.25, 0.3) is 5.91 Å². The van der Waals surface area contributed by atoms with Crippen LogP contribution in [0.4, 0.5) is 5.13 Å². The first-order valence-corrected chi connectivity index (χ1v) is 10.3. The molecule has 0 saturated carbocycles. The second-order valence-corrected chi connectivity index (χ2v) is 8.63. The first-order chi connectivity index (χ1) is 11.7. The molecule has 3 rings (SSSR count). The number of nitrogens with zero attached hydrogens (tertiary/aromatic N) is 2. The van der Waals surface area contributed by atoms with Crippen LogP contribution < -0.4 is 10.1 Å². The molecule has 0 fully saturated rings. The quantitative estimate of drug-likeness (QED) is 0.434. The molecule has 3 aromatic rings. The van der Waals surface area contributed by atoms with Gasteiger partial charge in [-0.2, -0.15) is 0 Å². The second-order valence-electron chi connectivity index (χ2n) is 4.54. The summed E-state index contributed by atoms with van der Waals surface area (Å²) in [6.07, 6.45) is 0. The minimum atomic E-state index is -0.258. The van der Waals surface area contributed by atoms with Crippen LogP contribution in [0.15, 0.2) is 44.5 Å². The molecule has 9 heteroatoms. The Labute approximate surface area is 159 Å². The van der Waals surface area contributed by atoms with E-state index in [1.54, 1.807) is 48.4 Å². The van der Waals surface area contributed by atoms with Gasteiger partial charge in [0.15, 0.2) is 4.34 Å². The van der Waals surface area contributed by atoms with E-state index in [9.17, 15) is 4.79 Å². The predicted octanol–water partition coefficient (Wildman–Crippen LogP) is 4.92. The lowest BCUT2D eigenvalue weighted by atomic mass is 10.2. The highest BCUT2D eigenvalue weighted by Gasteiger charge is 2.14. The number of thioether (sulfide) groups is 1. The van der Waals surface area contributed by atoms with Gasteiger partial charge in [0.2, 0.25) is 5.13 Å². The van der Waals surface area contributed by atoms with Crippen molar-refractivity contribution in [1.29, 1.82) is 0 Å². The number of hydrogen-bond acceptors (Lipinski definition) is 7. The van der Waals surface area contributed by atoms with E-state index in [1.807, 2.05) is 11.4 Å². The number of amides is 1. The lowest BCUT2D eigenvalue weighted by molar-refractivity contribution is 0.102. The summed E-state index contributed by atoms with van der Waals surface area (Å²) in [5, 5.41) is 13.4. The summed E-state index contributed by atoms with van der Waals surface area (Å²) in [5.74, 6) is 1.21. The zero-order valence-corrected chi connectivity index (χ0v) is 16.5.